The monoisotopic (exact) mass is 1120 g/mol. The Kier molecular flexibility index (Phi) is 15.8. The van der Waals surface area contributed by atoms with E-state index >= 15 is 0 Å². The Morgan fingerprint density at radius 3 is 0.855 bits per heavy atom. The average molecular weight is 1120 g/mol. The molecule has 0 saturated carbocycles. The number of allylic oxidation sites excluding steroid dienone is 1. The fourth-order valence-corrected chi connectivity index (χ4v) is 7.76. The summed E-state index contributed by atoms with van der Waals surface area (Å²) in [7, 11) is 0. The van der Waals surface area contributed by atoms with Crippen molar-refractivity contribution >= 4 is 38.8 Å². The van der Waals surface area contributed by atoms with Crippen molar-refractivity contribution in [1.29, 1.82) is 0 Å². The normalized spacial score (nSPS) is 13.3. The number of nitro groups is 2. The minimum absolute atomic E-state index is 0.0716. The predicted octanol–water partition coefficient (Wildman–Crippen LogP) is 12.7. The molecule has 6 rings (SSSR count). The van der Waals surface area contributed by atoms with Crippen molar-refractivity contribution in [2.45, 2.75) is 56.0 Å². The molecule has 0 unspecified atom stereocenters. The Hall–Kier alpha value is -7.57. The molecule has 0 aliphatic heterocycles. The fourth-order valence-electron chi connectivity index (χ4n) is 7.76. The first kappa shape index (κ1) is 59.3. The Balaban J connectivity index is 0.000000468. The number of halogens is 24. The number of hydrogen-bond acceptors (Lipinski definition) is 4. The van der Waals surface area contributed by atoms with Gasteiger partial charge in [0, 0.05) is 11.5 Å². The van der Waals surface area contributed by atoms with Crippen LogP contribution in [0.15, 0.2) is 127 Å². The lowest BCUT2D eigenvalue weighted by molar-refractivity contribution is -0.689. The molecule has 6 aromatic rings. The topological polar surface area (TPSA) is 90.2 Å². The van der Waals surface area contributed by atoms with Crippen molar-refractivity contribution in [3.63, 3.8) is 0 Å². The second kappa shape index (κ2) is 20.2. The van der Waals surface area contributed by atoms with E-state index in [1.54, 1.807) is 17.0 Å². The van der Waals surface area contributed by atoms with Gasteiger partial charge >= 0.3 is 55.2 Å². The second-order valence-corrected chi connectivity index (χ2v) is 16.1. The minimum Gasteiger partial charge on any atom is -0.253 e. The lowest BCUT2D eigenvalue weighted by Gasteiger charge is -2.46. The van der Waals surface area contributed by atoms with Crippen molar-refractivity contribution in [3.05, 3.63) is 192 Å². The van der Waals surface area contributed by atoms with Gasteiger partial charge in [-0.1, -0.05) is 66.7 Å². The van der Waals surface area contributed by atoms with E-state index in [1.165, 1.54) is 0 Å². The van der Waals surface area contributed by atoms with E-state index in [0.29, 0.717) is 0 Å². The molecule has 0 aliphatic carbocycles. The molecule has 76 heavy (non-hydrogen) atoms. The number of fused-ring (bicyclic) bond motifs is 1. The van der Waals surface area contributed by atoms with Gasteiger partial charge in [-0.3, -0.25) is 20.2 Å². The van der Waals surface area contributed by atoms with E-state index in [-0.39, 0.29) is 6.54 Å². The first-order valence-electron chi connectivity index (χ1n) is 20.1. The van der Waals surface area contributed by atoms with Gasteiger partial charge in [0.25, 0.3) is 0 Å². The van der Waals surface area contributed by atoms with Crippen LogP contribution in [0.3, 0.4) is 0 Å². The van der Waals surface area contributed by atoms with E-state index in [1.807, 2.05) is 30.3 Å². The molecule has 0 bridgehead atoms. The molecule has 1 heterocycles. The van der Waals surface area contributed by atoms with Gasteiger partial charge in [-0.15, -0.1) is 0 Å². The Bertz CT molecular complexity index is 2750. The second-order valence-electron chi connectivity index (χ2n) is 16.1. The van der Waals surface area contributed by atoms with Gasteiger partial charge in [-0.2, -0.15) is 127 Å². The van der Waals surface area contributed by atoms with Crippen molar-refractivity contribution in [2.24, 2.45) is 0 Å². The molecule has 0 amide bonds. The molecular weight excluding hydrogens is 1100 g/mol. The summed E-state index contributed by atoms with van der Waals surface area (Å²) in [5, 5.41) is 22.9. The van der Waals surface area contributed by atoms with Crippen LogP contribution < -0.4 is 26.4 Å². The molecule has 1 aromatic heterocycles. The number of nitrogens with zero attached hydrogens (tertiary/aromatic N) is 3. The highest BCUT2D eigenvalue weighted by Gasteiger charge is 2.47. The van der Waals surface area contributed by atoms with E-state index < -0.39 is 210 Å². The summed E-state index contributed by atoms with van der Waals surface area (Å²) in [6, 6.07) is 0.662. The third-order valence-corrected chi connectivity index (χ3v) is 11.0. The van der Waals surface area contributed by atoms with Gasteiger partial charge in [0.15, 0.2) is 18.9 Å². The Labute approximate surface area is 406 Å². The van der Waals surface area contributed by atoms with Crippen molar-refractivity contribution in [1.82, 2.24) is 0 Å². The van der Waals surface area contributed by atoms with Gasteiger partial charge in [0.2, 0.25) is 0 Å². The number of hydrogen-bond donors (Lipinski definition) is 0. The predicted molar refractivity (Wildman–Crippen MR) is 216 cm³/mol. The van der Waals surface area contributed by atoms with E-state index in [4.69, 9.17) is 0 Å². The highest BCUT2D eigenvalue weighted by atomic mass is 19.4. The molecule has 408 valence electrons. The lowest BCUT2D eigenvalue weighted by Crippen LogP contribution is -2.75. The lowest BCUT2D eigenvalue weighted by atomic mass is 9.12. The van der Waals surface area contributed by atoms with Crippen molar-refractivity contribution in [3.8, 4) is 0 Å². The zero-order valence-electron chi connectivity index (χ0n) is 36.4. The van der Waals surface area contributed by atoms with Crippen LogP contribution in [0.1, 0.15) is 44.5 Å². The molecule has 0 fully saturated rings. The van der Waals surface area contributed by atoms with Crippen LogP contribution in [0.2, 0.25) is 0 Å². The number of benzene rings is 5. The summed E-state index contributed by atoms with van der Waals surface area (Å²) in [6.45, 7) is 0.0716. The van der Waals surface area contributed by atoms with Crippen LogP contribution in [0.25, 0.3) is 10.8 Å². The van der Waals surface area contributed by atoms with E-state index in [9.17, 15) is 126 Å². The molecule has 0 aliphatic rings. The average Bonchev–Trinajstić information content (AvgIpc) is 3.26. The van der Waals surface area contributed by atoms with Crippen LogP contribution >= 0.6 is 0 Å². The number of rotatable bonds is 8. The van der Waals surface area contributed by atoms with Gasteiger partial charge in [0.05, 0.1) is 44.5 Å². The number of pyridine rings is 1. The first-order chi connectivity index (χ1) is 34.3. The highest BCUT2D eigenvalue weighted by Crippen LogP contribution is 2.41. The molecular formula is C44H22BF24N3O4. The fraction of sp³-hybridized carbons (Fsp3) is 0.205. The van der Waals surface area contributed by atoms with Crippen LogP contribution in [-0.2, 0) is 56.0 Å². The maximum atomic E-state index is 14.2. The summed E-state index contributed by atoms with van der Waals surface area (Å²) in [5.74, 6) is -1.01. The van der Waals surface area contributed by atoms with Crippen molar-refractivity contribution in [2.75, 3.05) is 0 Å². The Morgan fingerprint density at radius 1 is 0.395 bits per heavy atom. The molecule has 0 atom stereocenters. The van der Waals surface area contributed by atoms with Gasteiger partial charge < -0.3 is 0 Å². The highest BCUT2D eigenvalue weighted by molar-refractivity contribution is 7.20. The van der Waals surface area contributed by atoms with Gasteiger partial charge in [0.1, 0.15) is 22.1 Å². The zero-order valence-corrected chi connectivity index (χ0v) is 36.4. The quantitative estimate of drug-likeness (QED) is 0.0499. The molecule has 0 N–H and O–H groups in total. The summed E-state index contributed by atoms with van der Waals surface area (Å²) in [5.41, 5.74) is -30.2. The maximum absolute atomic E-state index is 14.2. The third-order valence-electron chi connectivity index (χ3n) is 11.0. The molecule has 0 radical (unpaired) electrons. The SMILES string of the molecule is FC(F)(F)c1cc([B-](c2cc(C(F)(F)F)cc(C(F)(F)F)c2)(c2cc(C(F)(F)F)cc(C(F)(F)F)c2)c2cc(C(F)(F)F)cc(C(F)(F)F)c2)cc(C(F)(F)F)c1.O=[N+]([O-])C(=CC[n+]1ccc2ccccc2c1)[N+](=O)[O-]. The summed E-state index contributed by atoms with van der Waals surface area (Å²) in [6.07, 6.45) is -50.3. The number of aromatic nitrogens is 1. The van der Waals surface area contributed by atoms with Crippen LogP contribution in [0, 0.1) is 20.2 Å². The standard InChI is InChI=1S/C32H12BF24.C12H10N3O4/c34-25(35,36)13-1-14(26(37,38)39)6-21(5-13)33(22-7-15(27(40,41)42)2-16(8-22)28(43,44)45,23-9-17(29(46,47)48)3-18(10-23)30(49,50)51)24-11-19(31(52,53)54)4-20(12-24)32(55,56)57;16-14(17)12(15(18)19)6-8-13-7-5-10-3-1-2-4-11(10)9-13/h1-12H;1-7,9H,8H2/q-1;+1. The summed E-state index contributed by atoms with van der Waals surface area (Å²) >= 11 is 0. The Morgan fingerprint density at radius 2 is 0.632 bits per heavy atom. The van der Waals surface area contributed by atoms with Gasteiger partial charge in [-0.25, -0.2) is 4.57 Å². The molecule has 0 spiro atoms. The van der Waals surface area contributed by atoms with Crippen LogP contribution in [0.5, 0.6) is 0 Å². The smallest absolute Gasteiger partial charge is 0.253 e. The van der Waals surface area contributed by atoms with Crippen LogP contribution in [0.4, 0.5) is 105 Å². The first-order valence-corrected chi connectivity index (χ1v) is 20.1. The molecule has 5 aromatic carbocycles. The largest absolute Gasteiger partial charge is 0.560 e. The van der Waals surface area contributed by atoms with E-state index in [2.05, 4.69) is 0 Å². The summed E-state index contributed by atoms with van der Waals surface area (Å²) < 4.78 is 342. The number of alkyl halides is 24. The van der Waals surface area contributed by atoms with Crippen molar-refractivity contribution < 1.29 is 120 Å². The van der Waals surface area contributed by atoms with Crippen LogP contribution in [-0.4, -0.2) is 16.0 Å². The molecule has 0 saturated heterocycles. The molecule has 7 nitrogen and oxygen atoms in total. The van der Waals surface area contributed by atoms with Gasteiger partial charge in [-0.05, 0) is 35.7 Å². The third kappa shape index (κ3) is 13.4. The molecule has 32 heteroatoms. The minimum atomic E-state index is -6.13. The maximum Gasteiger partial charge on any atom is 0.560 e. The zero-order chi connectivity index (χ0) is 57.7. The van der Waals surface area contributed by atoms with E-state index in [0.717, 1.165) is 16.8 Å². The summed E-state index contributed by atoms with van der Waals surface area (Å²) in [4.78, 5) is 18.9.